The van der Waals surface area contributed by atoms with Crippen molar-refractivity contribution < 1.29 is 4.74 Å². The molecule has 0 amide bonds. The minimum atomic E-state index is -0.890. The Morgan fingerprint density at radius 3 is 2.33 bits per heavy atom. The first kappa shape index (κ1) is 23.4. The van der Waals surface area contributed by atoms with Gasteiger partial charge in [-0.15, -0.1) is 0 Å². The maximum atomic E-state index is 8.14. The van der Waals surface area contributed by atoms with Gasteiger partial charge in [0.05, 0.1) is 6.04 Å². The Bertz CT molecular complexity index is 954. The Morgan fingerprint density at radius 2 is 1.70 bits per heavy atom. The van der Waals surface area contributed by atoms with E-state index in [1.165, 1.54) is 12.4 Å². The first-order valence-electron chi connectivity index (χ1n) is 12.0. The zero-order chi connectivity index (χ0) is 22.8. The van der Waals surface area contributed by atoms with Gasteiger partial charge in [-0.05, 0) is 5.56 Å². The molecular formula is C26H34ClIN4O. The minimum absolute atomic E-state index is 0.102. The molecule has 2 aromatic carbocycles. The van der Waals surface area contributed by atoms with Gasteiger partial charge in [0, 0.05) is 0 Å². The molecule has 3 fully saturated rings. The molecule has 1 atom stereocenters. The van der Waals surface area contributed by atoms with Gasteiger partial charge >= 0.3 is 151 Å². The molecule has 2 aromatic rings. The summed E-state index contributed by atoms with van der Waals surface area (Å²) in [5, 5.41) is 9.09. The van der Waals surface area contributed by atoms with E-state index in [0.717, 1.165) is 68.2 Å². The number of piperidine rings is 2. The van der Waals surface area contributed by atoms with Gasteiger partial charge in [-0.2, -0.15) is 0 Å². The summed E-state index contributed by atoms with van der Waals surface area (Å²) in [6.07, 6.45) is 4.74. The molecule has 0 spiro atoms. The molecule has 5 rings (SSSR count). The van der Waals surface area contributed by atoms with E-state index in [4.69, 9.17) is 27.5 Å². The fourth-order valence-corrected chi connectivity index (χ4v) is 10.5. The summed E-state index contributed by atoms with van der Waals surface area (Å²) in [6.45, 7) is 4.17. The number of nitrogens with two attached hydrogens (primary N) is 1. The topological polar surface area (TPSA) is 65.6 Å². The Hall–Kier alpha value is -1.35. The zero-order valence-corrected chi connectivity index (χ0v) is 22.0. The number of nitrogens with one attached hydrogen (secondary N) is 1. The van der Waals surface area contributed by atoms with Crippen LogP contribution in [-0.4, -0.2) is 62.8 Å². The average Bonchev–Trinajstić information content (AvgIpc) is 3.67. The van der Waals surface area contributed by atoms with Crippen molar-refractivity contribution in [3.8, 4) is 5.75 Å². The number of nitrogens with zero attached hydrogens (tertiary/aromatic N) is 2. The van der Waals surface area contributed by atoms with Crippen LogP contribution in [0.3, 0.4) is 0 Å². The van der Waals surface area contributed by atoms with Crippen molar-refractivity contribution in [3.05, 3.63) is 62.7 Å². The van der Waals surface area contributed by atoms with E-state index >= 15 is 0 Å². The van der Waals surface area contributed by atoms with Crippen LogP contribution in [0.2, 0.25) is 5.02 Å². The molecule has 1 unspecified atom stereocenters. The van der Waals surface area contributed by atoms with Crippen LogP contribution in [0.15, 0.2) is 48.5 Å². The number of hydrogen-bond acceptors (Lipinski definition) is 4. The third kappa shape index (κ3) is 5.66. The summed E-state index contributed by atoms with van der Waals surface area (Å²) < 4.78 is 10.6. The molecule has 33 heavy (non-hydrogen) atoms. The SMILES string of the molecule is N=C(N)C(c1ccccc1)N1CCC(N2CCC(Oc3ccc(Cl)c(I4CC4)c3)CC2)CC1. The second-order valence-electron chi connectivity index (χ2n) is 9.30. The summed E-state index contributed by atoms with van der Waals surface area (Å²) in [4.78, 5) is 5.04. The zero-order valence-electron chi connectivity index (χ0n) is 19.1. The fraction of sp³-hybridized carbons (Fsp3) is 0.500. The quantitative estimate of drug-likeness (QED) is 0.209. The average molecular weight is 581 g/mol. The molecule has 3 heterocycles. The van der Waals surface area contributed by atoms with Gasteiger partial charge in [0.2, 0.25) is 0 Å². The van der Waals surface area contributed by atoms with Crippen LogP contribution in [0.4, 0.5) is 0 Å². The van der Waals surface area contributed by atoms with Crippen molar-refractivity contribution >= 4 is 37.3 Å². The van der Waals surface area contributed by atoms with Crippen LogP contribution < -0.4 is 10.5 Å². The predicted octanol–water partition coefficient (Wildman–Crippen LogP) is 5.01. The Balaban J connectivity index is 1.11. The molecule has 3 aliphatic rings. The third-order valence-corrected chi connectivity index (χ3v) is 12.5. The molecule has 3 N–H and O–H groups in total. The Labute approximate surface area is 209 Å². The van der Waals surface area contributed by atoms with E-state index < -0.39 is 19.8 Å². The van der Waals surface area contributed by atoms with Gasteiger partial charge in [-0.1, -0.05) is 30.3 Å². The summed E-state index contributed by atoms with van der Waals surface area (Å²) >= 11 is 5.53. The van der Waals surface area contributed by atoms with Crippen LogP contribution in [0.25, 0.3) is 0 Å². The number of ether oxygens (including phenoxy) is 1. The van der Waals surface area contributed by atoms with Crippen molar-refractivity contribution in [3.63, 3.8) is 0 Å². The van der Waals surface area contributed by atoms with E-state index in [1.807, 2.05) is 30.3 Å². The Kier molecular flexibility index (Phi) is 7.45. The molecule has 3 saturated heterocycles. The summed E-state index contributed by atoms with van der Waals surface area (Å²) in [6, 6.07) is 17.1. The fourth-order valence-electron chi connectivity index (χ4n) is 5.28. The summed E-state index contributed by atoms with van der Waals surface area (Å²) in [5.74, 6) is 1.26. The standard InChI is InChI=1S/C26H34ClIN4O/c27-23-7-6-22(18-24(23)28-12-13-28)33-21-10-16-31(17-11-21)20-8-14-32(15-9-20)25(26(29)30)19-4-2-1-3-5-19/h1-7,18,20-21,25H,8-17H2,(H3,29,30). The van der Waals surface area contributed by atoms with E-state index in [1.54, 1.807) is 0 Å². The second-order valence-corrected chi connectivity index (χ2v) is 15.6. The predicted molar refractivity (Wildman–Crippen MR) is 145 cm³/mol. The normalized spacial score (nSPS) is 22.8. The maximum absolute atomic E-state index is 8.14. The molecule has 0 aromatic heterocycles. The van der Waals surface area contributed by atoms with Crippen molar-refractivity contribution in [1.29, 1.82) is 5.41 Å². The molecule has 0 aliphatic carbocycles. The number of rotatable bonds is 7. The number of halogens is 2. The van der Waals surface area contributed by atoms with Gasteiger partial charge in [0.25, 0.3) is 0 Å². The molecule has 7 heteroatoms. The van der Waals surface area contributed by atoms with Crippen LogP contribution in [0.5, 0.6) is 5.75 Å². The van der Waals surface area contributed by atoms with Crippen LogP contribution in [0.1, 0.15) is 37.3 Å². The molecule has 0 saturated carbocycles. The molecule has 0 radical (unpaired) electrons. The molecule has 3 aliphatic heterocycles. The van der Waals surface area contributed by atoms with Crippen LogP contribution in [-0.2, 0) is 0 Å². The van der Waals surface area contributed by atoms with Gasteiger partial charge < -0.3 is 5.73 Å². The first-order chi connectivity index (χ1) is 16.1. The van der Waals surface area contributed by atoms with Gasteiger partial charge in [-0.25, -0.2) is 0 Å². The van der Waals surface area contributed by atoms with E-state index in [2.05, 4.69) is 28.0 Å². The second kappa shape index (κ2) is 10.5. The van der Waals surface area contributed by atoms with Crippen LogP contribution >= 0.6 is 31.4 Å². The number of amidine groups is 1. The van der Waals surface area contributed by atoms with Crippen molar-refractivity contribution in [2.45, 2.75) is 43.9 Å². The van der Waals surface area contributed by atoms with Crippen molar-refractivity contribution in [2.75, 3.05) is 35.0 Å². The molecule has 5 nitrogen and oxygen atoms in total. The molecule has 0 bridgehead atoms. The van der Waals surface area contributed by atoms with Crippen LogP contribution in [0, 0.1) is 8.98 Å². The van der Waals surface area contributed by atoms with E-state index in [-0.39, 0.29) is 11.9 Å². The summed E-state index contributed by atoms with van der Waals surface area (Å²) in [5.41, 5.74) is 7.13. The molecule has 178 valence electrons. The number of alkyl halides is 2. The first-order valence-corrected chi connectivity index (χ1v) is 16.5. The van der Waals surface area contributed by atoms with Crippen molar-refractivity contribution in [2.24, 2.45) is 5.73 Å². The van der Waals surface area contributed by atoms with Gasteiger partial charge in [0.15, 0.2) is 0 Å². The monoisotopic (exact) mass is 580 g/mol. The van der Waals surface area contributed by atoms with Gasteiger partial charge in [0.1, 0.15) is 5.84 Å². The molecular weight excluding hydrogens is 547 g/mol. The third-order valence-electron chi connectivity index (χ3n) is 7.13. The van der Waals surface area contributed by atoms with E-state index in [0.29, 0.717) is 12.1 Å². The van der Waals surface area contributed by atoms with Gasteiger partial charge in [-0.3, -0.25) is 5.41 Å². The van der Waals surface area contributed by atoms with E-state index in [9.17, 15) is 0 Å². The number of hydrogen-bond donors (Lipinski definition) is 2. The van der Waals surface area contributed by atoms with Crippen molar-refractivity contribution in [1.82, 2.24) is 9.80 Å². The summed E-state index contributed by atoms with van der Waals surface area (Å²) in [7, 11) is 0. The Morgan fingerprint density at radius 1 is 1.00 bits per heavy atom. The number of benzene rings is 2. The number of likely N-dealkylation sites (tertiary alicyclic amines) is 2.